The van der Waals surface area contributed by atoms with Crippen molar-refractivity contribution in [1.82, 2.24) is 0 Å². The second kappa shape index (κ2) is 10.6. The maximum Gasteiger partial charge on any atom is 0.307 e. The van der Waals surface area contributed by atoms with Crippen LogP contribution in [0.1, 0.15) is 46.3 Å². The molecule has 0 radical (unpaired) electrons. The standard InChI is InChI=1S/C33H33NO3S/c1-20-14-16-25(17-15-20)30-22(3)31-32-26(12-9-13-28(32)37-19-24-10-7-6-8-11-24)23(4)34(38-5)33(31)21(2)27(30)18-29(35)36/h6-17,23H,18-19H2,1-5H3,(H,35,36)/t23-/m0/s1. The Morgan fingerprint density at radius 3 is 2.26 bits per heavy atom. The number of fused-ring (bicyclic) bond motifs is 3. The van der Waals surface area contributed by atoms with Crippen LogP contribution in [-0.2, 0) is 17.8 Å². The summed E-state index contributed by atoms with van der Waals surface area (Å²) < 4.78 is 8.82. The third-order valence-electron chi connectivity index (χ3n) is 7.53. The highest BCUT2D eigenvalue weighted by atomic mass is 32.2. The van der Waals surface area contributed by atoms with E-state index < -0.39 is 5.97 Å². The molecule has 1 aliphatic heterocycles. The van der Waals surface area contributed by atoms with Gasteiger partial charge in [-0.3, -0.25) is 4.79 Å². The summed E-state index contributed by atoms with van der Waals surface area (Å²) in [5.74, 6) is 0.0243. The van der Waals surface area contributed by atoms with Crippen LogP contribution in [0.2, 0.25) is 0 Å². The highest BCUT2D eigenvalue weighted by Crippen LogP contribution is 2.55. The van der Waals surface area contributed by atoms with Crippen molar-refractivity contribution in [2.45, 2.75) is 46.8 Å². The van der Waals surface area contributed by atoms with Crippen LogP contribution in [0.5, 0.6) is 5.75 Å². The van der Waals surface area contributed by atoms with Crippen molar-refractivity contribution < 1.29 is 14.6 Å². The second-order valence-corrected chi connectivity index (χ2v) is 10.7. The van der Waals surface area contributed by atoms with E-state index in [1.807, 2.05) is 18.2 Å². The summed E-state index contributed by atoms with van der Waals surface area (Å²) in [5, 5.41) is 9.92. The molecule has 4 aromatic carbocycles. The van der Waals surface area contributed by atoms with Crippen molar-refractivity contribution in [2.75, 3.05) is 10.6 Å². The molecule has 1 heterocycles. The largest absolute Gasteiger partial charge is 0.488 e. The molecule has 38 heavy (non-hydrogen) atoms. The van der Waals surface area contributed by atoms with E-state index in [1.54, 1.807) is 11.9 Å². The Balaban J connectivity index is 1.80. The first-order chi connectivity index (χ1) is 18.3. The molecule has 0 saturated carbocycles. The molecular weight excluding hydrogens is 490 g/mol. The van der Waals surface area contributed by atoms with Crippen LogP contribution >= 0.6 is 11.9 Å². The van der Waals surface area contributed by atoms with Crippen LogP contribution in [-0.4, -0.2) is 17.3 Å². The lowest BCUT2D eigenvalue weighted by molar-refractivity contribution is -0.136. The van der Waals surface area contributed by atoms with Crippen molar-refractivity contribution in [3.63, 3.8) is 0 Å². The molecule has 0 saturated heterocycles. The predicted molar refractivity (Wildman–Crippen MR) is 158 cm³/mol. The molecular formula is C33H33NO3S. The molecule has 194 valence electrons. The molecule has 4 nitrogen and oxygen atoms in total. The quantitative estimate of drug-likeness (QED) is 0.247. The predicted octanol–water partition coefficient (Wildman–Crippen LogP) is 8.31. The number of nitrogens with zero attached hydrogens (tertiary/aromatic N) is 1. The summed E-state index contributed by atoms with van der Waals surface area (Å²) in [4.78, 5) is 12.1. The first-order valence-electron chi connectivity index (χ1n) is 12.9. The SMILES string of the molecule is CSN1c2c(C)c(CC(=O)O)c(-c3ccc(C)cc3)c(C)c2-c2c(OCc3ccccc3)cccc2[C@@H]1C. The van der Waals surface area contributed by atoms with E-state index in [0.29, 0.717) is 6.61 Å². The van der Waals surface area contributed by atoms with Crippen molar-refractivity contribution in [3.05, 3.63) is 106 Å². The Morgan fingerprint density at radius 2 is 1.61 bits per heavy atom. The van der Waals surface area contributed by atoms with Crippen LogP contribution in [0, 0.1) is 20.8 Å². The van der Waals surface area contributed by atoms with E-state index in [-0.39, 0.29) is 12.5 Å². The van der Waals surface area contributed by atoms with Gasteiger partial charge in [0.15, 0.2) is 0 Å². The summed E-state index contributed by atoms with van der Waals surface area (Å²) in [6, 6.07) is 25.0. The third-order valence-corrected chi connectivity index (χ3v) is 8.42. The second-order valence-electron chi connectivity index (χ2n) is 9.94. The number of aliphatic carboxylic acids is 1. The van der Waals surface area contributed by atoms with E-state index in [4.69, 9.17) is 4.74 Å². The molecule has 0 unspecified atom stereocenters. The Kier molecular flexibility index (Phi) is 7.22. The zero-order chi connectivity index (χ0) is 27.0. The maximum atomic E-state index is 12.1. The van der Waals surface area contributed by atoms with Crippen molar-refractivity contribution in [1.29, 1.82) is 0 Å². The third kappa shape index (κ3) is 4.56. The van der Waals surface area contributed by atoms with E-state index in [1.165, 1.54) is 11.1 Å². The fourth-order valence-corrected chi connectivity index (χ4v) is 6.54. The first-order valence-corrected chi connectivity index (χ1v) is 14.1. The number of aryl methyl sites for hydroxylation is 1. The summed E-state index contributed by atoms with van der Waals surface area (Å²) in [7, 11) is 0. The van der Waals surface area contributed by atoms with Gasteiger partial charge in [-0.15, -0.1) is 0 Å². The van der Waals surface area contributed by atoms with Crippen LogP contribution in [0.3, 0.4) is 0 Å². The highest BCUT2D eigenvalue weighted by Gasteiger charge is 2.35. The van der Waals surface area contributed by atoms with Gasteiger partial charge in [0.25, 0.3) is 0 Å². The Hall–Kier alpha value is -3.70. The number of rotatable bonds is 7. The molecule has 0 spiro atoms. The minimum Gasteiger partial charge on any atom is -0.488 e. The van der Waals surface area contributed by atoms with Gasteiger partial charge < -0.3 is 14.1 Å². The number of hydrogen-bond donors (Lipinski definition) is 1. The molecule has 0 aliphatic carbocycles. The number of carboxylic acid groups (broad SMARTS) is 1. The Bertz CT molecular complexity index is 1500. The van der Waals surface area contributed by atoms with Gasteiger partial charge in [0.2, 0.25) is 0 Å². The molecule has 0 aromatic heterocycles. The fraction of sp³-hybridized carbons (Fsp3) is 0.242. The number of carbonyl (C=O) groups is 1. The fourth-order valence-electron chi connectivity index (χ4n) is 5.70. The molecule has 5 rings (SSSR count). The van der Waals surface area contributed by atoms with Crippen LogP contribution < -0.4 is 9.04 Å². The number of carboxylic acids is 1. The Labute approximate surface area is 229 Å². The zero-order valence-electron chi connectivity index (χ0n) is 22.5. The van der Waals surface area contributed by atoms with Gasteiger partial charge in [-0.05, 0) is 72.7 Å². The van der Waals surface area contributed by atoms with Gasteiger partial charge in [-0.2, -0.15) is 0 Å². The topological polar surface area (TPSA) is 49.8 Å². The number of benzene rings is 4. The maximum absolute atomic E-state index is 12.1. The molecule has 5 heteroatoms. The molecule has 4 aromatic rings. The lowest BCUT2D eigenvalue weighted by Crippen LogP contribution is -2.26. The summed E-state index contributed by atoms with van der Waals surface area (Å²) >= 11 is 1.68. The molecule has 0 bridgehead atoms. The minimum absolute atomic E-state index is 0.0290. The monoisotopic (exact) mass is 523 g/mol. The molecule has 0 fully saturated rings. The minimum atomic E-state index is -0.826. The van der Waals surface area contributed by atoms with E-state index in [9.17, 15) is 9.90 Å². The molecule has 0 amide bonds. The first kappa shape index (κ1) is 25.9. The van der Waals surface area contributed by atoms with Gasteiger partial charge in [-0.1, -0.05) is 84.2 Å². The van der Waals surface area contributed by atoms with Crippen molar-refractivity contribution in [2.24, 2.45) is 0 Å². The number of hydrogen-bond acceptors (Lipinski definition) is 4. The van der Waals surface area contributed by atoms with Crippen LogP contribution in [0.4, 0.5) is 5.69 Å². The van der Waals surface area contributed by atoms with Gasteiger partial charge >= 0.3 is 5.97 Å². The Morgan fingerprint density at radius 1 is 0.895 bits per heavy atom. The molecule has 1 atom stereocenters. The average molecular weight is 524 g/mol. The van der Waals surface area contributed by atoms with Crippen LogP contribution in [0.15, 0.2) is 72.8 Å². The molecule has 1 aliphatic rings. The summed E-state index contributed by atoms with van der Waals surface area (Å²) in [6.07, 6.45) is 2.05. The van der Waals surface area contributed by atoms with Crippen LogP contribution in [0.25, 0.3) is 22.3 Å². The van der Waals surface area contributed by atoms with Crippen molar-refractivity contribution in [3.8, 4) is 28.0 Å². The zero-order valence-corrected chi connectivity index (χ0v) is 23.4. The van der Waals surface area contributed by atoms with Gasteiger partial charge in [-0.25, -0.2) is 0 Å². The van der Waals surface area contributed by atoms with E-state index in [0.717, 1.165) is 55.9 Å². The van der Waals surface area contributed by atoms with Gasteiger partial charge in [0, 0.05) is 17.4 Å². The molecule has 1 N–H and O–H groups in total. The smallest absolute Gasteiger partial charge is 0.307 e. The van der Waals surface area contributed by atoms with Gasteiger partial charge in [0.1, 0.15) is 12.4 Å². The average Bonchev–Trinajstić information content (AvgIpc) is 2.91. The van der Waals surface area contributed by atoms with E-state index in [2.05, 4.69) is 92.9 Å². The van der Waals surface area contributed by atoms with Crippen molar-refractivity contribution >= 4 is 23.6 Å². The van der Waals surface area contributed by atoms with E-state index >= 15 is 0 Å². The lowest BCUT2D eigenvalue weighted by atomic mass is 9.79. The lowest BCUT2D eigenvalue weighted by Gasteiger charge is -2.40. The highest BCUT2D eigenvalue weighted by molar-refractivity contribution is 8.00. The number of anilines is 1. The summed E-state index contributed by atoms with van der Waals surface area (Å²) in [6.45, 7) is 8.96. The normalized spacial score (nSPS) is 14.1. The van der Waals surface area contributed by atoms with Gasteiger partial charge in [0.05, 0.1) is 18.2 Å². The number of ether oxygens (including phenoxy) is 1. The summed E-state index contributed by atoms with van der Waals surface area (Å²) in [5.41, 5.74) is 11.8.